The lowest BCUT2D eigenvalue weighted by Gasteiger charge is -2.19. The highest BCUT2D eigenvalue weighted by atomic mass is 16.6. The minimum atomic E-state index is -0.558. The molecule has 1 amide bonds. The molecule has 0 aliphatic carbocycles. The van der Waals surface area contributed by atoms with Crippen molar-refractivity contribution in [1.82, 2.24) is 14.9 Å². The summed E-state index contributed by atoms with van der Waals surface area (Å²) in [6.07, 6.45) is 0.999. The smallest absolute Gasteiger partial charge is 0.407 e. The standard InChI is InChI=1S/C23H27N5O5/c1-23(2,3)33-22(31)24-13-15-7-6-8-16(11-15)18-10-9-17(32-18)14-25-28(5)19-12-20(29)27(4)21(30)26-19/h6-12,14H,13H2,1-5H3,(H,24,31)(H,26,30). The number of ether oxygens (including phenoxy) is 1. The molecular formula is C23H27N5O5. The van der Waals surface area contributed by atoms with Crippen molar-refractivity contribution in [3.05, 3.63) is 74.6 Å². The normalized spacial score (nSPS) is 11.5. The molecule has 2 heterocycles. The van der Waals surface area contributed by atoms with Crippen molar-refractivity contribution in [2.45, 2.75) is 32.9 Å². The number of rotatable bonds is 6. The largest absolute Gasteiger partial charge is 0.455 e. The summed E-state index contributed by atoms with van der Waals surface area (Å²) in [4.78, 5) is 38.0. The highest BCUT2D eigenvalue weighted by molar-refractivity contribution is 5.78. The number of anilines is 1. The Hall–Kier alpha value is -4.08. The molecule has 10 heteroatoms. The van der Waals surface area contributed by atoms with Crippen LogP contribution in [-0.2, 0) is 18.3 Å². The van der Waals surface area contributed by atoms with Gasteiger partial charge in [0.15, 0.2) is 0 Å². The number of alkyl carbamates (subject to hydrolysis) is 1. The first-order chi connectivity index (χ1) is 15.5. The number of hydrogen-bond donors (Lipinski definition) is 2. The number of hydrogen-bond acceptors (Lipinski definition) is 7. The number of H-pyrrole nitrogens is 1. The van der Waals surface area contributed by atoms with E-state index in [2.05, 4.69) is 15.4 Å². The van der Waals surface area contributed by atoms with Gasteiger partial charge in [-0.3, -0.25) is 19.4 Å². The average Bonchev–Trinajstić information content (AvgIpc) is 3.22. The highest BCUT2D eigenvalue weighted by Gasteiger charge is 2.15. The van der Waals surface area contributed by atoms with Crippen LogP contribution in [0.5, 0.6) is 0 Å². The van der Waals surface area contributed by atoms with Gasteiger partial charge in [0.05, 0.1) is 6.21 Å². The second kappa shape index (κ2) is 9.60. The molecule has 0 aliphatic heterocycles. The van der Waals surface area contributed by atoms with Crippen molar-refractivity contribution in [2.24, 2.45) is 12.1 Å². The molecule has 10 nitrogen and oxygen atoms in total. The number of benzene rings is 1. The Morgan fingerprint density at radius 1 is 1.24 bits per heavy atom. The van der Waals surface area contributed by atoms with Gasteiger partial charge in [-0.25, -0.2) is 9.59 Å². The van der Waals surface area contributed by atoms with E-state index in [1.54, 1.807) is 13.1 Å². The van der Waals surface area contributed by atoms with Gasteiger partial charge in [-0.2, -0.15) is 5.10 Å². The van der Waals surface area contributed by atoms with Crippen LogP contribution in [0.2, 0.25) is 0 Å². The molecule has 0 bridgehead atoms. The number of carbonyl (C=O) groups excluding carboxylic acids is 1. The Morgan fingerprint density at radius 3 is 2.70 bits per heavy atom. The summed E-state index contributed by atoms with van der Waals surface area (Å²) >= 11 is 0. The molecule has 3 rings (SSSR count). The Bertz CT molecular complexity index is 1250. The van der Waals surface area contributed by atoms with Crippen molar-refractivity contribution in [3.8, 4) is 11.3 Å². The number of aromatic nitrogens is 2. The highest BCUT2D eigenvalue weighted by Crippen LogP contribution is 2.23. The fourth-order valence-electron chi connectivity index (χ4n) is 2.82. The second-order valence-electron chi connectivity index (χ2n) is 8.38. The van der Waals surface area contributed by atoms with E-state index >= 15 is 0 Å². The summed E-state index contributed by atoms with van der Waals surface area (Å²) < 4.78 is 12.1. The fourth-order valence-corrected chi connectivity index (χ4v) is 2.82. The summed E-state index contributed by atoms with van der Waals surface area (Å²) in [6.45, 7) is 5.74. The van der Waals surface area contributed by atoms with Gasteiger partial charge in [0.2, 0.25) is 0 Å². The molecule has 0 atom stereocenters. The van der Waals surface area contributed by atoms with Crippen LogP contribution >= 0.6 is 0 Å². The molecule has 2 N–H and O–H groups in total. The predicted octanol–water partition coefficient (Wildman–Crippen LogP) is 2.83. The van der Waals surface area contributed by atoms with Crippen molar-refractivity contribution in [1.29, 1.82) is 0 Å². The van der Waals surface area contributed by atoms with E-state index in [-0.39, 0.29) is 5.82 Å². The van der Waals surface area contributed by atoms with Gasteiger partial charge < -0.3 is 14.5 Å². The van der Waals surface area contributed by atoms with Crippen LogP contribution < -0.4 is 21.6 Å². The zero-order chi connectivity index (χ0) is 24.2. The summed E-state index contributed by atoms with van der Waals surface area (Å²) in [5.41, 5.74) is 0.205. The minimum Gasteiger partial charge on any atom is -0.455 e. The first kappa shape index (κ1) is 23.6. The average molecular weight is 453 g/mol. The van der Waals surface area contributed by atoms with Crippen molar-refractivity contribution >= 4 is 18.1 Å². The van der Waals surface area contributed by atoms with E-state index in [0.29, 0.717) is 18.1 Å². The maximum Gasteiger partial charge on any atom is 0.407 e. The molecule has 0 saturated carbocycles. The predicted molar refractivity (Wildman–Crippen MR) is 126 cm³/mol. The van der Waals surface area contributed by atoms with Gasteiger partial charge in [0.1, 0.15) is 22.9 Å². The van der Waals surface area contributed by atoms with Crippen molar-refractivity contribution < 1.29 is 13.9 Å². The van der Waals surface area contributed by atoms with Gasteiger partial charge in [0, 0.05) is 32.3 Å². The third-order valence-electron chi connectivity index (χ3n) is 4.51. The lowest BCUT2D eigenvalue weighted by molar-refractivity contribution is 0.0523. The van der Waals surface area contributed by atoms with Gasteiger partial charge in [0.25, 0.3) is 5.56 Å². The summed E-state index contributed by atoms with van der Waals surface area (Å²) in [5.74, 6) is 1.37. The molecule has 0 unspecified atom stereocenters. The fraction of sp³-hybridized carbons (Fsp3) is 0.304. The van der Waals surface area contributed by atoms with E-state index < -0.39 is 22.9 Å². The quantitative estimate of drug-likeness (QED) is 0.437. The lowest BCUT2D eigenvalue weighted by Crippen LogP contribution is -2.33. The molecule has 33 heavy (non-hydrogen) atoms. The third kappa shape index (κ3) is 6.45. The summed E-state index contributed by atoms with van der Waals surface area (Å²) in [6, 6.07) is 12.4. The van der Waals surface area contributed by atoms with Gasteiger partial charge >= 0.3 is 11.8 Å². The Balaban J connectivity index is 1.67. The van der Waals surface area contributed by atoms with E-state index in [1.165, 1.54) is 24.3 Å². The van der Waals surface area contributed by atoms with E-state index in [0.717, 1.165) is 15.7 Å². The lowest BCUT2D eigenvalue weighted by atomic mass is 10.1. The van der Waals surface area contributed by atoms with Crippen molar-refractivity contribution in [3.63, 3.8) is 0 Å². The van der Waals surface area contributed by atoms with Crippen LogP contribution in [0, 0.1) is 0 Å². The Morgan fingerprint density at radius 2 is 2.00 bits per heavy atom. The zero-order valence-corrected chi connectivity index (χ0v) is 19.2. The number of amides is 1. The molecule has 2 aromatic heterocycles. The molecule has 0 saturated heterocycles. The third-order valence-corrected chi connectivity index (χ3v) is 4.51. The van der Waals surface area contributed by atoms with Crippen molar-refractivity contribution in [2.75, 3.05) is 12.1 Å². The molecular weight excluding hydrogens is 426 g/mol. The minimum absolute atomic E-state index is 0.260. The van der Waals surface area contributed by atoms with Crippen LogP contribution in [0.4, 0.5) is 10.6 Å². The number of nitrogens with zero attached hydrogens (tertiary/aromatic N) is 3. The van der Waals surface area contributed by atoms with E-state index in [1.807, 2.05) is 51.1 Å². The second-order valence-corrected chi connectivity index (χ2v) is 8.38. The monoisotopic (exact) mass is 453 g/mol. The van der Waals surface area contributed by atoms with Crippen LogP contribution in [0.25, 0.3) is 11.3 Å². The molecule has 0 aliphatic rings. The topological polar surface area (TPSA) is 122 Å². The number of hydrazone groups is 1. The summed E-state index contributed by atoms with van der Waals surface area (Å²) in [7, 11) is 2.99. The Labute approximate surface area is 190 Å². The van der Waals surface area contributed by atoms with Crippen LogP contribution in [0.1, 0.15) is 32.1 Å². The number of nitrogens with one attached hydrogen (secondary N) is 2. The first-order valence-corrected chi connectivity index (χ1v) is 10.3. The molecule has 0 fully saturated rings. The van der Waals surface area contributed by atoms with Gasteiger partial charge in [-0.05, 0) is 44.5 Å². The SMILES string of the molecule is CN(N=Cc1ccc(-c2cccc(CNC(=O)OC(C)(C)C)c2)o1)c1cc(=O)n(C)c(=O)[nH]1. The molecule has 0 spiro atoms. The van der Waals surface area contributed by atoms with E-state index in [9.17, 15) is 14.4 Å². The first-order valence-electron chi connectivity index (χ1n) is 10.3. The van der Waals surface area contributed by atoms with Gasteiger partial charge in [-0.15, -0.1) is 0 Å². The maximum atomic E-state index is 11.9. The molecule has 174 valence electrons. The summed E-state index contributed by atoms with van der Waals surface area (Å²) in [5, 5.41) is 8.31. The van der Waals surface area contributed by atoms with E-state index in [4.69, 9.17) is 9.15 Å². The number of aromatic amines is 1. The van der Waals surface area contributed by atoms with Crippen LogP contribution in [-0.4, -0.2) is 34.5 Å². The number of furan rings is 1. The van der Waals surface area contributed by atoms with Crippen LogP contribution in [0.15, 0.2) is 61.6 Å². The molecule has 3 aromatic rings. The molecule has 1 aromatic carbocycles. The zero-order valence-electron chi connectivity index (χ0n) is 19.2. The number of carbonyl (C=O) groups is 1. The Kier molecular flexibility index (Phi) is 6.86. The maximum absolute atomic E-state index is 11.9. The van der Waals surface area contributed by atoms with Gasteiger partial charge in [-0.1, -0.05) is 18.2 Å². The molecule has 0 radical (unpaired) electrons. The van der Waals surface area contributed by atoms with Crippen LogP contribution in [0.3, 0.4) is 0 Å².